The molecular weight excluding hydrogens is 158 g/mol. The highest BCUT2D eigenvalue weighted by atomic mass is 14.9. The average Bonchev–Trinajstić information content (AvgIpc) is 2.03. The zero-order chi connectivity index (χ0) is 9.26. The molecule has 0 spiro atoms. The molecule has 1 aromatic carbocycles. The van der Waals surface area contributed by atoms with Crippen LogP contribution in [0, 0.1) is 19.8 Å². The van der Waals surface area contributed by atoms with Gasteiger partial charge in [0.25, 0.3) is 0 Å². The third-order valence-corrected chi connectivity index (χ3v) is 2.88. The van der Waals surface area contributed by atoms with Gasteiger partial charge in [-0.25, -0.2) is 0 Å². The fourth-order valence-corrected chi connectivity index (χ4v) is 1.82. The maximum atomic E-state index is 3.32. The Morgan fingerprint density at radius 3 is 2.69 bits per heavy atom. The van der Waals surface area contributed by atoms with Gasteiger partial charge < -0.3 is 5.32 Å². The van der Waals surface area contributed by atoms with E-state index in [-0.39, 0.29) is 0 Å². The number of nitrogens with one attached hydrogen (secondary N) is 1. The Morgan fingerprint density at radius 1 is 1.31 bits per heavy atom. The molecule has 1 nitrogen and oxygen atoms in total. The summed E-state index contributed by atoms with van der Waals surface area (Å²) in [6.07, 6.45) is 1.25. The maximum Gasteiger partial charge on any atom is -0.000506 e. The number of hydrogen-bond donors (Lipinski definition) is 1. The summed E-state index contributed by atoms with van der Waals surface area (Å²) in [5.74, 6) is 0.875. The van der Waals surface area contributed by atoms with Crippen LogP contribution in [-0.2, 0) is 6.42 Å². The molecule has 0 aliphatic carbocycles. The average molecular weight is 175 g/mol. The molecule has 1 saturated heterocycles. The Balaban J connectivity index is 2.13. The molecule has 0 unspecified atom stereocenters. The quantitative estimate of drug-likeness (QED) is 0.725. The van der Waals surface area contributed by atoms with Crippen molar-refractivity contribution < 1.29 is 0 Å². The van der Waals surface area contributed by atoms with E-state index in [9.17, 15) is 0 Å². The SMILES string of the molecule is Cc1ccc(C)c(CC2CNC2)c1. The zero-order valence-corrected chi connectivity index (χ0v) is 8.43. The van der Waals surface area contributed by atoms with Crippen LogP contribution in [0.3, 0.4) is 0 Å². The van der Waals surface area contributed by atoms with Crippen LogP contribution in [0.1, 0.15) is 16.7 Å². The second-order valence-electron chi connectivity index (χ2n) is 4.16. The van der Waals surface area contributed by atoms with Gasteiger partial charge in [-0.05, 0) is 50.4 Å². The van der Waals surface area contributed by atoms with Gasteiger partial charge in [0, 0.05) is 0 Å². The van der Waals surface area contributed by atoms with Crippen molar-refractivity contribution >= 4 is 0 Å². The highest BCUT2D eigenvalue weighted by Crippen LogP contribution is 2.17. The standard InChI is InChI=1S/C12H17N/c1-9-3-4-10(2)12(5-9)6-11-7-13-8-11/h3-5,11,13H,6-8H2,1-2H3. The normalized spacial score (nSPS) is 17.1. The monoisotopic (exact) mass is 175 g/mol. The lowest BCUT2D eigenvalue weighted by atomic mass is 9.91. The van der Waals surface area contributed by atoms with E-state index in [4.69, 9.17) is 0 Å². The Hall–Kier alpha value is -0.820. The molecule has 0 radical (unpaired) electrons. The van der Waals surface area contributed by atoms with Crippen molar-refractivity contribution in [2.24, 2.45) is 5.92 Å². The van der Waals surface area contributed by atoms with Gasteiger partial charge in [-0.15, -0.1) is 0 Å². The highest BCUT2D eigenvalue weighted by Gasteiger charge is 2.17. The molecule has 1 heterocycles. The van der Waals surface area contributed by atoms with Gasteiger partial charge in [-0.2, -0.15) is 0 Å². The largest absolute Gasteiger partial charge is 0.316 e. The van der Waals surface area contributed by atoms with Gasteiger partial charge in [0.1, 0.15) is 0 Å². The van der Waals surface area contributed by atoms with E-state index in [1.165, 1.54) is 36.2 Å². The van der Waals surface area contributed by atoms with E-state index in [0.717, 1.165) is 5.92 Å². The molecule has 2 rings (SSSR count). The Morgan fingerprint density at radius 2 is 2.08 bits per heavy atom. The van der Waals surface area contributed by atoms with E-state index in [2.05, 4.69) is 37.4 Å². The van der Waals surface area contributed by atoms with Gasteiger partial charge in [-0.1, -0.05) is 23.8 Å². The van der Waals surface area contributed by atoms with Crippen LogP contribution in [0.5, 0.6) is 0 Å². The summed E-state index contributed by atoms with van der Waals surface area (Å²) in [5, 5.41) is 3.32. The van der Waals surface area contributed by atoms with Crippen molar-refractivity contribution in [3.63, 3.8) is 0 Å². The number of aryl methyl sites for hydroxylation is 2. The van der Waals surface area contributed by atoms with Crippen LogP contribution in [0.25, 0.3) is 0 Å². The third kappa shape index (κ3) is 1.92. The van der Waals surface area contributed by atoms with E-state index >= 15 is 0 Å². The van der Waals surface area contributed by atoms with Crippen molar-refractivity contribution in [3.8, 4) is 0 Å². The van der Waals surface area contributed by atoms with Gasteiger partial charge in [0.15, 0.2) is 0 Å². The first-order valence-corrected chi connectivity index (χ1v) is 5.02. The third-order valence-electron chi connectivity index (χ3n) is 2.88. The first-order chi connectivity index (χ1) is 6.25. The first kappa shape index (κ1) is 8.76. The molecule has 0 saturated carbocycles. The molecule has 1 aromatic rings. The van der Waals surface area contributed by atoms with Crippen molar-refractivity contribution in [2.75, 3.05) is 13.1 Å². The number of rotatable bonds is 2. The lowest BCUT2D eigenvalue weighted by molar-refractivity contribution is 0.346. The molecule has 1 fully saturated rings. The summed E-state index contributed by atoms with van der Waals surface area (Å²) in [7, 11) is 0. The lowest BCUT2D eigenvalue weighted by Gasteiger charge is -2.27. The predicted octanol–water partition coefficient (Wildman–Crippen LogP) is 2.07. The molecule has 1 aliphatic heterocycles. The van der Waals surface area contributed by atoms with Gasteiger partial charge >= 0.3 is 0 Å². The molecular formula is C12H17N. The van der Waals surface area contributed by atoms with Crippen molar-refractivity contribution in [1.29, 1.82) is 0 Å². The molecule has 70 valence electrons. The molecule has 1 N–H and O–H groups in total. The Kier molecular flexibility index (Phi) is 2.36. The van der Waals surface area contributed by atoms with Gasteiger partial charge in [0.2, 0.25) is 0 Å². The Labute approximate surface area is 80.2 Å². The summed E-state index contributed by atoms with van der Waals surface area (Å²) in [6, 6.07) is 6.75. The van der Waals surface area contributed by atoms with Crippen LogP contribution in [-0.4, -0.2) is 13.1 Å². The topological polar surface area (TPSA) is 12.0 Å². The van der Waals surface area contributed by atoms with Crippen molar-refractivity contribution in [1.82, 2.24) is 5.32 Å². The second kappa shape index (κ2) is 3.51. The van der Waals surface area contributed by atoms with Crippen molar-refractivity contribution in [3.05, 3.63) is 34.9 Å². The zero-order valence-electron chi connectivity index (χ0n) is 8.43. The minimum Gasteiger partial charge on any atom is -0.316 e. The van der Waals surface area contributed by atoms with Gasteiger partial charge in [0.05, 0.1) is 0 Å². The van der Waals surface area contributed by atoms with Crippen LogP contribution in [0.4, 0.5) is 0 Å². The number of hydrogen-bond acceptors (Lipinski definition) is 1. The van der Waals surface area contributed by atoms with E-state index < -0.39 is 0 Å². The van der Waals surface area contributed by atoms with E-state index in [0.29, 0.717) is 0 Å². The summed E-state index contributed by atoms with van der Waals surface area (Å²) in [5.41, 5.74) is 4.36. The summed E-state index contributed by atoms with van der Waals surface area (Å²) in [4.78, 5) is 0. The molecule has 0 amide bonds. The molecule has 0 bridgehead atoms. The summed E-state index contributed by atoms with van der Waals surface area (Å²) in [6.45, 7) is 6.78. The molecule has 13 heavy (non-hydrogen) atoms. The van der Waals surface area contributed by atoms with E-state index in [1.807, 2.05) is 0 Å². The molecule has 1 aliphatic rings. The summed E-state index contributed by atoms with van der Waals surface area (Å²) < 4.78 is 0. The first-order valence-electron chi connectivity index (χ1n) is 5.02. The fourth-order valence-electron chi connectivity index (χ4n) is 1.82. The highest BCUT2D eigenvalue weighted by molar-refractivity contribution is 5.31. The summed E-state index contributed by atoms with van der Waals surface area (Å²) >= 11 is 0. The fraction of sp³-hybridized carbons (Fsp3) is 0.500. The van der Waals surface area contributed by atoms with Crippen LogP contribution in [0.2, 0.25) is 0 Å². The van der Waals surface area contributed by atoms with Crippen LogP contribution in [0.15, 0.2) is 18.2 Å². The molecule has 0 atom stereocenters. The molecule has 1 heteroatoms. The predicted molar refractivity (Wildman–Crippen MR) is 56.0 cm³/mol. The van der Waals surface area contributed by atoms with Crippen molar-refractivity contribution in [2.45, 2.75) is 20.3 Å². The lowest BCUT2D eigenvalue weighted by Crippen LogP contribution is -2.43. The number of benzene rings is 1. The molecule has 0 aromatic heterocycles. The minimum atomic E-state index is 0.875. The second-order valence-corrected chi connectivity index (χ2v) is 4.16. The van der Waals surface area contributed by atoms with E-state index in [1.54, 1.807) is 0 Å². The van der Waals surface area contributed by atoms with Crippen LogP contribution < -0.4 is 5.32 Å². The minimum absolute atomic E-state index is 0.875. The smallest absolute Gasteiger partial charge is 0.000506 e. The maximum absolute atomic E-state index is 3.32. The van der Waals surface area contributed by atoms with Gasteiger partial charge in [-0.3, -0.25) is 0 Å². The Bertz CT molecular complexity index is 300. The van der Waals surface area contributed by atoms with Crippen LogP contribution >= 0.6 is 0 Å².